The topological polar surface area (TPSA) is 56.4 Å². The summed E-state index contributed by atoms with van der Waals surface area (Å²) in [5, 5.41) is 20.0. The third-order valence-corrected chi connectivity index (χ3v) is 6.91. The first-order chi connectivity index (χ1) is 11.8. The predicted octanol–water partition coefficient (Wildman–Crippen LogP) is 5.83. The van der Waals surface area contributed by atoms with Crippen molar-refractivity contribution in [2.45, 2.75) is 40.0 Å². The van der Waals surface area contributed by atoms with E-state index >= 15 is 0 Å². The summed E-state index contributed by atoms with van der Waals surface area (Å²) in [6, 6.07) is 7.75. The highest BCUT2D eigenvalue weighted by Crippen LogP contribution is 2.44. The lowest BCUT2D eigenvalue weighted by Gasteiger charge is -2.33. The molecule has 3 rings (SSSR count). The lowest BCUT2D eigenvalue weighted by atomic mass is 9.72. The number of fused-ring (bicyclic) bond motifs is 1. The summed E-state index contributed by atoms with van der Waals surface area (Å²) < 4.78 is 0.792. The molecule has 0 bridgehead atoms. The van der Waals surface area contributed by atoms with Gasteiger partial charge in [0.1, 0.15) is 16.8 Å². The Morgan fingerprint density at radius 2 is 2.16 bits per heavy atom. The van der Waals surface area contributed by atoms with E-state index in [9.17, 15) is 10.4 Å². The fourth-order valence-electron chi connectivity index (χ4n) is 3.25. The second-order valence-corrected chi connectivity index (χ2v) is 9.82. The van der Waals surface area contributed by atoms with Gasteiger partial charge in [0.15, 0.2) is 0 Å². The molecule has 1 N–H and O–H groups in total. The zero-order chi connectivity index (χ0) is 18.2. The van der Waals surface area contributed by atoms with Crippen LogP contribution in [0.3, 0.4) is 0 Å². The maximum absolute atomic E-state index is 9.62. The fourth-order valence-corrected chi connectivity index (χ4v) is 5.01. The molecule has 0 saturated carbocycles. The standard InChI is InChI=1S/C20H21IN2OS/c1-20(2,3)13-5-6-14-15(10-22)19(25-18(14)9-13)23-11-12-4-7-17(24)16(21)8-12/h4,7-8,11,13,24H,5-6,9H2,1-3H3/t13-/m0/s1. The molecule has 0 aliphatic heterocycles. The van der Waals surface area contributed by atoms with E-state index in [1.54, 1.807) is 23.6 Å². The first-order valence-electron chi connectivity index (χ1n) is 8.37. The van der Waals surface area contributed by atoms with Crippen molar-refractivity contribution in [1.29, 1.82) is 5.26 Å². The number of rotatable bonds is 2. The van der Waals surface area contributed by atoms with E-state index in [-0.39, 0.29) is 5.75 Å². The van der Waals surface area contributed by atoms with Crippen molar-refractivity contribution in [3.05, 3.63) is 43.3 Å². The number of aliphatic imine (C=N–C) groups is 1. The van der Waals surface area contributed by atoms with Crippen LogP contribution in [0.4, 0.5) is 5.00 Å². The SMILES string of the molecule is CC(C)(C)[C@H]1CCc2c(sc(N=Cc3ccc(O)c(I)c3)c2C#N)C1. The normalized spacial score (nSPS) is 17.5. The second kappa shape index (κ2) is 7.08. The van der Waals surface area contributed by atoms with Crippen molar-refractivity contribution >= 4 is 45.1 Å². The number of aromatic hydroxyl groups is 1. The summed E-state index contributed by atoms with van der Waals surface area (Å²) >= 11 is 3.76. The Hall–Kier alpha value is -1.39. The van der Waals surface area contributed by atoms with Crippen LogP contribution in [0.1, 0.15) is 48.8 Å². The number of hydrogen-bond donors (Lipinski definition) is 1. The molecule has 1 aromatic heterocycles. The minimum absolute atomic E-state index is 0.273. The lowest BCUT2D eigenvalue weighted by molar-refractivity contribution is 0.218. The molecular weight excluding hydrogens is 443 g/mol. The van der Waals surface area contributed by atoms with Gasteiger partial charge in [-0.2, -0.15) is 5.26 Å². The van der Waals surface area contributed by atoms with Crippen molar-refractivity contribution in [3.8, 4) is 11.8 Å². The smallest absolute Gasteiger partial charge is 0.134 e. The summed E-state index contributed by atoms with van der Waals surface area (Å²) in [7, 11) is 0. The van der Waals surface area contributed by atoms with E-state index < -0.39 is 0 Å². The van der Waals surface area contributed by atoms with Gasteiger partial charge in [-0.3, -0.25) is 0 Å². The van der Waals surface area contributed by atoms with Crippen LogP contribution < -0.4 is 0 Å². The molecule has 130 valence electrons. The Labute approximate surface area is 166 Å². The third-order valence-electron chi connectivity index (χ3n) is 4.89. The molecule has 0 unspecified atom stereocenters. The van der Waals surface area contributed by atoms with Gasteiger partial charge < -0.3 is 5.11 Å². The maximum atomic E-state index is 9.62. The van der Waals surface area contributed by atoms with Crippen LogP contribution in [-0.2, 0) is 12.8 Å². The summed E-state index contributed by atoms with van der Waals surface area (Å²) in [4.78, 5) is 5.93. The summed E-state index contributed by atoms with van der Waals surface area (Å²) in [6.45, 7) is 6.90. The molecule has 3 nitrogen and oxygen atoms in total. The largest absolute Gasteiger partial charge is 0.507 e. The van der Waals surface area contributed by atoms with Gasteiger partial charge >= 0.3 is 0 Å². The molecule has 0 amide bonds. The van der Waals surface area contributed by atoms with Crippen LogP contribution >= 0.6 is 33.9 Å². The maximum Gasteiger partial charge on any atom is 0.134 e. The van der Waals surface area contributed by atoms with E-state index in [1.165, 1.54) is 10.4 Å². The minimum Gasteiger partial charge on any atom is -0.507 e. The Morgan fingerprint density at radius 3 is 2.80 bits per heavy atom. The van der Waals surface area contributed by atoms with Crippen LogP contribution in [-0.4, -0.2) is 11.3 Å². The minimum atomic E-state index is 0.273. The summed E-state index contributed by atoms with van der Waals surface area (Å²) in [6.07, 6.45) is 4.94. The zero-order valence-corrected chi connectivity index (χ0v) is 17.6. The monoisotopic (exact) mass is 464 g/mol. The number of halogens is 1. The van der Waals surface area contributed by atoms with E-state index in [2.05, 4.69) is 54.4 Å². The summed E-state index contributed by atoms with van der Waals surface area (Å²) in [5.74, 6) is 0.927. The molecule has 5 heteroatoms. The molecule has 1 aliphatic rings. The van der Waals surface area contributed by atoms with Gasteiger partial charge in [0.2, 0.25) is 0 Å². The van der Waals surface area contributed by atoms with Gasteiger partial charge in [-0.25, -0.2) is 4.99 Å². The third kappa shape index (κ3) is 3.90. The van der Waals surface area contributed by atoms with Crippen molar-refractivity contribution in [2.24, 2.45) is 16.3 Å². The number of nitriles is 1. The van der Waals surface area contributed by atoms with Crippen LogP contribution in [0.2, 0.25) is 0 Å². The highest BCUT2D eigenvalue weighted by atomic mass is 127. The van der Waals surface area contributed by atoms with Crippen molar-refractivity contribution in [1.82, 2.24) is 0 Å². The molecule has 1 aromatic carbocycles. The Kier molecular flexibility index (Phi) is 5.21. The van der Waals surface area contributed by atoms with Gasteiger partial charge in [-0.05, 0) is 82.5 Å². The number of phenolic OH excluding ortho intramolecular Hbond substituents is 1. The molecule has 0 fully saturated rings. The summed E-state index contributed by atoms with van der Waals surface area (Å²) in [5.41, 5.74) is 3.17. The van der Waals surface area contributed by atoms with Gasteiger partial charge in [0.05, 0.1) is 9.13 Å². The first kappa shape index (κ1) is 18.4. The zero-order valence-electron chi connectivity index (χ0n) is 14.6. The lowest BCUT2D eigenvalue weighted by Crippen LogP contribution is -2.26. The van der Waals surface area contributed by atoms with Gasteiger partial charge in [-0.15, -0.1) is 11.3 Å². The Balaban J connectivity index is 1.91. The van der Waals surface area contributed by atoms with E-state index in [0.717, 1.165) is 39.0 Å². The van der Waals surface area contributed by atoms with Gasteiger partial charge in [0, 0.05) is 11.1 Å². The highest BCUT2D eigenvalue weighted by molar-refractivity contribution is 14.1. The number of hydrogen-bond acceptors (Lipinski definition) is 4. The van der Waals surface area contributed by atoms with Gasteiger partial charge in [-0.1, -0.05) is 20.8 Å². The molecule has 0 saturated heterocycles. The number of benzene rings is 1. The second-order valence-electron chi connectivity index (χ2n) is 7.57. The quantitative estimate of drug-likeness (QED) is 0.449. The Morgan fingerprint density at radius 1 is 1.40 bits per heavy atom. The van der Waals surface area contributed by atoms with Crippen LogP contribution in [0, 0.1) is 26.2 Å². The van der Waals surface area contributed by atoms with Crippen molar-refractivity contribution in [2.75, 3.05) is 0 Å². The van der Waals surface area contributed by atoms with E-state index in [4.69, 9.17) is 0 Å². The molecule has 2 aromatic rings. The number of phenols is 1. The predicted molar refractivity (Wildman–Crippen MR) is 112 cm³/mol. The van der Waals surface area contributed by atoms with Crippen LogP contribution in [0.15, 0.2) is 23.2 Å². The molecule has 1 aliphatic carbocycles. The molecule has 0 radical (unpaired) electrons. The molecule has 1 atom stereocenters. The molecular formula is C20H21IN2OS. The molecule has 1 heterocycles. The highest BCUT2D eigenvalue weighted by Gasteiger charge is 2.32. The average molecular weight is 464 g/mol. The van der Waals surface area contributed by atoms with E-state index in [1.807, 2.05) is 12.1 Å². The van der Waals surface area contributed by atoms with Gasteiger partial charge in [0.25, 0.3) is 0 Å². The van der Waals surface area contributed by atoms with Crippen LogP contribution in [0.25, 0.3) is 0 Å². The van der Waals surface area contributed by atoms with Crippen molar-refractivity contribution < 1.29 is 5.11 Å². The molecule has 0 spiro atoms. The van der Waals surface area contributed by atoms with E-state index in [0.29, 0.717) is 11.3 Å². The Bertz CT molecular complexity index is 871. The van der Waals surface area contributed by atoms with Crippen LogP contribution in [0.5, 0.6) is 5.75 Å². The molecule has 25 heavy (non-hydrogen) atoms. The number of nitrogens with zero attached hydrogens (tertiary/aromatic N) is 2. The average Bonchev–Trinajstić information content (AvgIpc) is 2.91. The first-order valence-corrected chi connectivity index (χ1v) is 10.3. The van der Waals surface area contributed by atoms with Crippen molar-refractivity contribution in [3.63, 3.8) is 0 Å². The fraction of sp³-hybridized carbons (Fsp3) is 0.400. The number of thiophene rings is 1.